The van der Waals surface area contributed by atoms with Gasteiger partial charge in [-0.3, -0.25) is 9.59 Å². The summed E-state index contributed by atoms with van der Waals surface area (Å²) in [6.07, 6.45) is 11.8. The number of esters is 2. The van der Waals surface area contributed by atoms with Crippen molar-refractivity contribution in [1.29, 1.82) is 0 Å². The van der Waals surface area contributed by atoms with Crippen molar-refractivity contribution in [2.24, 2.45) is 0 Å². The van der Waals surface area contributed by atoms with Crippen LogP contribution in [-0.4, -0.2) is 89.0 Å². The van der Waals surface area contributed by atoms with Gasteiger partial charge < -0.3 is 39.4 Å². The van der Waals surface area contributed by atoms with Crippen molar-refractivity contribution in [3.05, 3.63) is 24.3 Å². The molecular formula is C30H52O10. The van der Waals surface area contributed by atoms with Gasteiger partial charge >= 0.3 is 11.9 Å². The lowest BCUT2D eigenvalue weighted by molar-refractivity contribution is -0.305. The highest BCUT2D eigenvalue weighted by atomic mass is 16.7. The lowest BCUT2D eigenvalue weighted by Crippen LogP contribution is -2.59. The minimum atomic E-state index is -1.59. The average molecular weight is 573 g/mol. The minimum absolute atomic E-state index is 0.213. The van der Waals surface area contributed by atoms with Crippen LogP contribution >= 0.6 is 0 Å². The molecule has 1 aliphatic rings. The monoisotopic (exact) mass is 572 g/mol. The largest absolute Gasteiger partial charge is 0.462 e. The molecule has 1 heterocycles. The van der Waals surface area contributed by atoms with E-state index in [0.717, 1.165) is 51.4 Å². The van der Waals surface area contributed by atoms with E-state index >= 15 is 0 Å². The quantitative estimate of drug-likeness (QED) is 0.0862. The summed E-state index contributed by atoms with van der Waals surface area (Å²) in [5, 5.41) is 39.4. The van der Waals surface area contributed by atoms with Gasteiger partial charge in [0.2, 0.25) is 0 Å². The van der Waals surface area contributed by atoms with Gasteiger partial charge in [-0.15, -0.1) is 0 Å². The third-order valence-electron chi connectivity index (χ3n) is 6.57. The topological polar surface area (TPSA) is 152 Å². The molecule has 0 aromatic heterocycles. The van der Waals surface area contributed by atoms with Crippen LogP contribution in [0.3, 0.4) is 0 Å². The molecule has 232 valence electrons. The Balaban J connectivity index is 2.41. The van der Waals surface area contributed by atoms with Gasteiger partial charge in [0.25, 0.3) is 0 Å². The molecule has 0 amide bonds. The van der Waals surface area contributed by atoms with Crippen LogP contribution in [0.2, 0.25) is 0 Å². The third-order valence-corrected chi connectivity index (χ3v) is 6.57. The first-order chi connectivity index (χ1) is 19.3. The smallest absolute Gasteiger partial charge is 0.306 e. The molecule has 6 unspecified atom stereocenters. The van der Waals surface area contributed by atoms with Gasteiger partial charge in [-0.2, -0.15) is 0 Å². The van der Waals surface area contributed by atoms with Gasteiger partial charge in [-0.25, -0.2) is 0 Å². The summed E-state index contributed by atoms with van der Waals surface area (Å²) >= 11 is 0. The van der Waals surface area contributed by atoms with E-state index in [0.29, 0.717) is 12.8 Å². The van der Waals surface area contributed by atoms with Crippen LogP contribution in [0.15, 0.2) is 24.3 Å². The molecule has 4 N–H and O–H groups in total. The van der Waals surface area contributed by atoms with E-state index in [1.54, 1.807) is 0 Å². The first-order valence-corrected chi connectivity index (χ1v) is 14.9. The Kier molecular flexibility index (Phi) is 20.7. The number of ether oxygens (including phenoxy) is 4. The van der Waals surface area contributed by atoms with Crippen LogP contribution in [0.1, 0.15) is 97.3 Å². The molecule has 6 atom stereocenters. The molecule has 0 bridgehead atoms. The molecule has 40 heavy (non-hydrogen) atoms. The number of allylic oxidation sites excluding steroid dienone is 4. The van der Waals surface area contributed by atoms with E-state index in [1.807, 2.05) is 6.92 Å². The van der Waals surface area contributed by atoms with Crippen LogP contribution in [0, 0.1) is 0 Å². The molecule has 10 heteroatoms. The maximum atomic E-state index is 12.5. The second kappa shape index (κ2) is 22.8. The number of hydrogen-bond acceptors (Lipinski definition) is 10. The minimum Gasteiger partial charge on any atom is -0.462 e. The standard InChI is InChI=1S/C30H52O10/c1-3-5-7-8-9-10-11-12-13-14-15-16-17-19-26(33)39-23(21-37-25(32)18-6-4-2)22-38-30-29(36)28(35)27(34)24(20-31)40-30/h7-8,10-11,23-24,27-31,34-36H,3-6,9,12-22H2,1-2H3/b8-7-,11-10-. The molecule has 0 saturated carbocycles. The van der Waals surface area contributed by atoms with Crippen molar-refractivity contribution in [3.8, 4) is 0 Å². The first-order valence-electron chi connectivity index (χ1n) is 14.9. The fourth-order valence-electron chi connectivity index (χ4n) is 4.08. The molecule has 0 radical (unpaired) electrons. The van der Waals surface area contributed by atoms with Crippen molar-refractivity contribution in [3.63, 3.8) is 0 Å². The van der Waals surface area contributed by atoms with E-state index in [-0.39, 0.29) is 26.1 Å². The zero-order valence-electron chi connectivity index (χ0n) is 24.3. The zero-order chi connectivity index (χ0) is 29.6. The van der Waals surface area contributed by atoms with E-state index in [2.05, 4.69) is 31.2 Å². The lowest BCUT2D eigenvalue weighted by Gasteiger charge is -2.39. The molecule has 0 aliphatic carbocycles. The van der Waals surface area contributed by atoms with Crippen LogP contribution in [0.25, 0.3) is 0 Å². The highest BCUT2D eigenvalue weighted by Crippen LogP contribution is 2.22. The second-order valence-corrected chi connectivity index (χ2v) is 10.2. The van der Waals surface area contributed by atoms with E-state index in [1.165, 1.54) is 6.42 Å². The van der Waals surface area contributed by atoms with Crippen LogP contribution in [0.4, 0.5) is 0 Å². The Morgan fingerprint density at radius 1 is 0.775 bits per heavy atom. The highest BCUT2D eigenvalue weighted by Gasteiger charge is 2.44. The lowest BCUT2D eigenvalue weighted by atomic mass is 9.99. The number of rotatable bonds is 22. The van der Waals surface area contributed by atoms with Crippen molar-refractivity contribution in [2.75, 3.05) is 19.8 Å². The maximum Gasteiger partial charge on any atom is 0.306 e. The van der Waals surface area contributed by atoms with Gasteiger partial charge in [-0.1, -0.05) is 70.3 Å². The molecule has 1 fully saturated rings. The summed E-state index contributed by atoms with van der Waals surface area (Å²) in [5.74, 6) is -0.871. The molecule has 10 nitrogen and oxygen atoms in total. The zero-order valence-corrected chi connectivity index (χ0v) is 24.3. The van der Waals surface area contributed by atoms with Gasteiger partial charge in [0, 0.05) is 12.8 Å². The normalized spacial score (nSPS) is 24.0. The Hall–Kier alpha value is -1.82. The van der Waals surface area contributed by atoms with Gasteiger partial charge in [-0.05, 0) is 38.5 Å². The fourth-order valence-corrected chi connectivity index (χ4v) is 4.08. The Morgan fingerprint density at radius 3 is 2.15 bits per heavy atom. The summed E-state index contributed by atoms with van der Waals surface area (Å²) in [6.45, 7) is 3.02. The fraction of sp³-hybridized carbons (Fsp3) is 0.800. The maximum absolute atomic E-state index is 12.5. The van der Waals surface area contributed by atoms with E-state index in [4.69, 9.17) is 18.9 Å². The predicted molar refractivity (Wildman–Crippen MR) is 150 cm³/mol. The van der Waals surface area contributed by atoms with Gasteiger partial charge in [0.1, 0.15) is 31.0 Å². The molecule has 0 aromatic carbocycles. The van der Waals surface area contributed by atoms with E-state index < -0.39 is 55.4 Å². The summed E-state index contributed by atoms with van der Waals surface area (Å²) in [7, 11) is 0. The predicted octanol–water partition coefficient (Wildman–Crippen LogP) is 3.48. The number of hydrogen-bond donors (Lipinski definition) is 4. The summed E-state index contributed by atoms with van der Waals surface area (Å²) in [6, 6.07) is 0. The van der Waals surface area contributed by atoms with Crippen LogP contribution < -0.4 is 0 Å². The Bertz CT molecular complexity index is 723. The Morgan fingerprint density at radius 2 is 1.45 bits per heavy atom. The SMILES string of the molecule is CCC/C=C\C/C=C\CCCCCCCC(=O)OC(COC(=O)CCCC)COC1OC(CO)C(O)C(O)C1O. The molecule has 0 aromatic rings. The molecule has 1 aliphatic heterocycles. The highest BCUT2D eigenvalue weighted by molar-refractivity contribution is 5.70. The van der Waals surface area contributed by atoms with Crippen LogP contribution in [-0.2, 0) is 28.5 Å². The number of carbonyl (C=O) groups excluding carboxylic acids is 2. The molecule has 1 saturated heterocycles. The third kappa shape index (κ3) is 15.8. The second-order valence-electron chi connectivity index (χ2n) is 10.2. The van der Waals surface area contributed by atoms with E-state index in [9.17, 15) is 30.0 Å². The average Bonchev–Trinajstić information content (AvgIpc) is 2.95. The number of carbonyl (C=O) groups is 2. The summed E-state index contributed by atoms with van der Waals surface area (Å²) < 4.78 is 21.6. The van der Waals surface area contributed by atoms with Gasteiger partial charge in [0.15, 0.2) is 12.4 Å². The molecular weight excluding hydrogens is 520 g/mol. The van der Waals surface area contributed by atoms with Crippen molar-refractivity contribution >= 4 is 11.9 Å². The molecule has 1 rings (SSSR count). The van der Waals surface area contributed by atoms with Crippen LogP contribution in [0.5, 0.6) is 0 Å². The number of unbranched alkanes of at least 4 members (excludes halogenated alkanes) is 7. The van der Waals surface area contributed by atoms with Gasteiger partial charge in [0.05, 0.1) is 13.2 Å². The van der Waals surface area contributed by atoms with Crippen molar-refractivity contribution in [1.82, 2.24) is 0 Å². The number of aliphatic hydroxyl groups is 4. The van der Waals surface area contributed by atoms with Crippen molar-refractivity contribution in [2.45, 2.75) is 134 Å². The van der Waals surface area contributed by atoms with Crippen molar-refractivity contribution < 1.29 is 49.0 Å². The molecule has 0 spiro atoms. The summed E-state index contributed by atoms with van der Waals surface area (Å²) in [4.78, 5) is 24.4. The first kappa shape index (κ1) is 36.2. The Labute approximate surface area is 239 Å². The number of aliphatic hydroxyl groups excluding tert-OH is 4. The summed E-state index contributed by atoms with van der Waals surface area (Å²) in [5.41, 5.74) is 0.